The van der Waals surface area contributed by atoms with Gasteiger partial charge < -0.3 is 10.2 Å². The molecule has 23 heavy (non-hydrogen) atoms. The van der Waals surface area contributed by atoms with Gasteiger partial charge in [0.15, 0.2) is 0 Å². The van der Waals surface area contributed by atoms with Gasteiger partial charge >= 0.3 is 0 Å². The average Bonchev–Trinajstić information content (AvgIpc) is 2.45. The van der Waals surface area contributed by atoms with Crippen molar-refractivity contribution >= 4 is 28.9 Å². The van der Waals surface area contributed by atoms with Gasteiger partial charge in [0.2, 0.25) is 5.91 Å². The highest BCUT2D eigenvalue weighted by Crippen LogP contribution is 2.34. The number of piperidine rings is 1. The molecule has 1 aromatic rings. The van der Waals surface area contributed by atoms with Crippen LogP contribution < -0.4 is 10.2 Å². The van der Waals surface area contributed by atoms with Crippen LogP contribution in [-0.2, 0) is 4.79 Å². The van der Waals surface area contributed by atoms with Crippen molar-refractivity contribution in [2.75, 3.05) is 11.4 Å². The Morgan fingerprint density at radius 1 is 1.39 bits per heavy atom. The van der Waals surface area contributed by atoms with Gasteiger partial charge in [0.25, 0.3) is 5.69 Å². The van der Waals surface area contributed by atoms with Gasteiger partial charge in [-0.25, -0.2) is 0 Å². The summed E-state index contributed by atoms with van der Waals surface area (Å²) in [7, 11) is 0. The summed E-state index contributed by atoms with van der Waals surface area (Å²) < 4.78 is 0. The van der Waals surface area contributed by atoms with E-state index in [9.17, 15) is 14.9 Å². The molecular weight excluding hydrogens is 318 g/mol. The molecule has 7 heteroatoms. The standard InChI is InChI=1S/C16H22ClN3O3/c1-16(2,3)18-15(21)14-6-4-5-9-19(14)13-8-7-11(20(22)23)10-12(13)17/h7-8,10,14H,4-6,9H2,1-3H3,(H,18,21)/t14-/m0/s1. The summed E-state index contributed by atoms with van der Waals surface area (Å²) in [5.74, 6) is -0.0355. The molecule has 1 aliphatic heterocycles. The molecule has 1 aliphatic rings. The van der Waals surface area contributed by atoms with Gasteiger partial charge in [-0.3, -0.25) is 14.9 Å². The number of amides is 1. The van der Waals surface area contributed by atoms with Crippen molar-refractivity contribution in [1.29, 1.82) is 0 Å². The van der Waals surface area contributed by atoms with Crippen LogP contribution in [0.4, 0.5) is 11.4 Å². The summed E-state index contributed by atoms with van der Waals surface area (Å²) >= 11 is 6.23. The second-order valence-electron chi connectivity index (χ2n) is 6.84. The van der Waals surface area contributed by atoms with Crippen molar-refractivity contribution in [2.24, 2.45) is 0 Å². The first kappa shape index (κ1) is 17.5. The van der Waals surface area contributed by atoms with E-state index < -0.39 is 4.92 Å². The average molecular weight is 340 g/mol. The van der Waals surface area contributed by atoms with Crippen LogP contribution in [0, 0.1) is 10.1 Å². The Morgan fingerprint density at radius 2 is 2.09 bits per heavy atom. The molecule has 1 heterocycles. The number of nitro groups is 1. The highest BCUT2D eigenvalue weighted by Gasteiger charge is 2.32. The Kier molecular flexibility index (Phi) is 5.14. The van der Waals surface area contributed by atoms with E-state index in [4.69, 9.17) is 11.6 Å². The van der Waals surface area contributed by atoms with Crippen molar-refractivity contribution in [1.82, 2.24) is 5.32 Å². The number of carbonyl (C=O) groups excluding carboxylic acids is 1. The molecule has 2 rings (SSSR count). The van der Waals surface area contributed by atoms with E-state index in [0.717, 1.165) is 19.3 Å². The third-order valence-corrected chi connectivity index (χ3v) is 4.06. The Bertz CT molecular complexity index is 613. The van der Waals surface area contributed by atoms with E-state index in [1.54, 1.807) is 6.07 Å². The zero-order chi connectivity index (χ0) is 17.2. The van der Waals surface area contributed by atoms with Crippen LogP contribution in [0.15, 0.2) is 18.2 Å². The number of nitro benzene ring substituents is 1. The quantitative estimate of drug-likeness (QED) is 0.675. The largest absolute Gasteiger partial charge is 0.358 e. The Labute approximate surface area is 141 Å². The van der Waals surface area contributed by atoms with Gasteiger partial charge in [0.1, 0.15) is 6.04 Å². The van der Waals surface area contributed by atoms with Crippen molar-refractivity contribution in [3.05, 3.63) is 33.3 Å². The first-order valence-electron chi connectivity index (χ1n) is 7.71. The minimum absolute atomic E-state index is 0.0355. The molecule has 0 aliphatic carbocycles. The normalized spacial score (nSPS) is 18.6. The van der Waals surface area contributed by atoms with E-state index in [-0.39, 0.29) is 23.2 Å². The molecule has 0 saturated carbocycles. The van der Waals surface area contributed by atoms with Crippen molar-refractivity contribution in [3.8, 4) is 0 Å². The lowest BCUT2D eigenvalue weighted by Crippen LogP contribution is -2.54. The Hall–Kier alpha value is -1.82. The SMILES string of the molecule is CC(C)(C)NC(=O)[C@@H]1CCCCN1c1ccc([N+](=O)[O-])cc1Cl. The predicted octanol–water partition coefficient (Wildman–Crippen LogP) is 3.52. The molecular formula is C16H22ClN3O3. The van der Waals surface area contributed by atoms with Crippen LogP contribution in [0.2, 0.25) is 5.02 Å². The molecule has 1 N–H and O–H groups in total. The van der Waals surface area contributed by atoms with Gasteiger partial charge in [-0.05, 0) is 46.1 Å². The zero-order valence-electron chi connectivity index (χ0n) is 13.6. The maximum atomic E-state index is 12.6. The van der Waals surface area contributed by atoms with Gasteiger partial charge in [0, 0.05) is 24.2 Å². The monoisotopic (exact) mass is 339 g/mol. The number of rotatable bonds is 3. The topological polar surface area (TPSA) is 75.5 Å². The van der Waals surface area contributed by atoms with Gasteiger partial charge in [-0.1, -0.05) is 11.6 Å². The molecule has 1 amide bonds. The molecule has 126 valence electrons. The van der Waals surface area contributed by atoms with Gasteiger partial charge in [-0.2, -0.15) is 0 Å². The molecule has 1 fully saturated rings. The molecule has 0 aromatic heterocycles. The maximum Gasteiger partial charge on any atom is 0.271 e. The summed E-state index contributed by atoms with van der Waals surface area (Å²) in [5, 5.41) is 14.1. The summed E-state index contributed by atoms with van der Waals surface area (Å²) in [6, 6.07) is 4.09. The predicted molar refractivity (Wildman–Crippen MR) is 91.0 cm³/mol. The molecule has 0 radical (unpaired) electrons. The van der Waals surface area contributed by atoms with Crippen molar-refractivity contribution < 1.29 is 9.72 Å². The molecule has 1 atom stereocenters. The van der Waals surface area contributed by atoms with Crippen LogP contribution in [0.25, 0.3) is 0 Å². The lowest BCUT2D eigenvalue weighted by molar-refractivity contribution is -0.384. The van der Waals surface area contributed by atoms with E-state index in [1.165, 1.54) is 12.1 Å². The smallest absolute Gasteiger partial charge is 0.271 e. The summed E-state index contributed by atoms with van der Waals surface area (Å²) in [6.07, 6.45) is 2.69. The van der Waals surface area contributed by atoms with Crippen LogP contribution in [0.5, 0.6) is 0 Å². The number of halogens is 1. The highest BCUT2D eigenvalue weighted by atomic mass is 35.5. The van der Waals surface area contributed by atoms with Crippen LogP contribution >= 0.6 is 11.6 Å². The second-order valence-corrected chi connectivity index (χ2v) is 7.24. The van der Waals surface area contributed by atoms with Crippen molar-refractivity contribution in [2.45, 2.75) is 51.6 Å². The minimum Gasteiger partial charge on any atom is -0.358 e. The lowest BCUT2D eigenvalue weighted by atomic mass is 9.98. The number of hydrogen-bond donors (Lipinski definition) is 1. The van der Waals surface area contributed by atoms with E-state index in [2.05, 4.69) is 5.32 Å². The minimum atomic E-state index is -0.477. The number of nitrogens with zero attached hydrogens (tertiary/aromatic N) is 2. The first-order chi connectivity index (χ1) is 10.7. The fourth-order valence-electron chi connectivity index (χ4n) is 2.79. The Morgan fingerprint density at radius 3 is 2.65 bits per heavy atom. The van der Waals surface area contributed by atoms with E-state index in [1.807, 2.05) is 25.7 Å². The number of benzene rings is 1. The first-order valence-corrected chi connectivity index (χ1v) is 8.09. The number of nitrogens with one attached hydrogen (secondary N) is 1. The third kappa shape index (κ3) is 4.34. The molecule has 1 saturated heterocycles. The van der Waals surface area contributed by atoms with E-state index >= 15 is 0 Å². The van der Waals surface area contributed by atoms with Crippen LogP contribution in [0.3, 0.4) is 0 Å². The molecule has 6 nitrogen and oxygen atoms in total. The summed E-state index contributed by atoms with van der Waals surface area (Å²) in [6.45, 7) is 6.53. The van der Waals surface area contributed by atoms with Crippen LogP contribution in [-0.4, -0.2) is 29.0 Å². The number of non-ortho nitro benzene ring substituents is 1. The number of anilines is 1. The lowest BCUT2D eigenvalue weighted by Gasteiger charge is -2.38. The molecule has 0 bridgehead atoms. The highest BCUT2D eigenvalue weighted by molar-refractivity contribution is 6.33. The zero-order valence-corrected chi connectivity index (χ0v) is 14.4. The molecule has 0 unspecified atom stereocenters. The maximum absolute atomic E-state index is 12.6. The Balaban J connectivity index is 2.28. The van der Waals surface area contributed by atoms with Crippen molar-refractivity contribution in [3.63, 3.8) is 0 Å². The van der Waals surface area contributed by atoms with Crippen LogP contribution in [0.1, 0.15) is 40.0 Å². The van der Waals surface area contributed by atoms with Gasteiger partial charge in [-0.15, -0.1) is 0 Å². The fourth-order valence-corrected chi connectivity index (χ4v) is 3.07. The number of hydrogen-bond acceptors (Lipinski definition) is 4. The molecule has 1 aromatic carbocycles. The summed E-state index contributed by atoms with van der Waals surface area (Å²) in [4.78, 5) is 24.9. The third-order valence-electron chi connectivity index (χ3n) is 3.76. The number of carbonyl (C=O) groups is 1. The summed E-state index contributed by atoms with van der Waals surface area (Å²) in [5.41, 5.74) is 0.317. The second kappa shape index (κ2) is 6.74. The molecule has 0 spiro atoms. The van der Waals surface area contributed by atoms with E-state index in [0.29, 0.717) is 17.3 Å². The van der Waals surface area contributed by atoms with Gasteiger partial charge in [0.05, 0.1) is 15.6 Å². The fraction of sp³-hybridized carbons (Fsp3) is 0.562.